The summed E-state index contributed by atoms with van der Waals surface area (Å²) in [4.78, 5) is 0. The molecule has 0 aromatic heterocycles. The van der Waals surface area contributed by atoms with E-state index in [9.17, 15) is 0 Å². The maximum Gasteiger partial charge on any atom is 0 e. The maximum absolute atomic E-state index is 0. The first-order chi connectivity index (χ1) is 0. The van der Waals surface area contributed by atoms with Crippen LogP contribution in [0.5, 0.6) is 0 Å². The smallest absolute Gasteiger partial charge is 0 e. The molecule has 0 heterocycles. The summed E-state index contributed by atoms with van der Waals surface area (Å²) in [6, 6.07) is 0. The van der Waals surface area contributed by atoms with Crippen molar-refractivity contribution in [3.63, 3.8) is 0 Å². The Labute approximate surface area is 110 Å². The molecular formula is Na3Sn. The third-order valence-corrected chi connectivity index (χ3v) is 0. The molecule has 0 fully saturated rings. The van der Waals surface area contributed by atoms with Crippen molar-refractivity contribution in [1.82, 2.24) is 0 Å². The molecule has 0 atom stereocenters. The fraction of sp³-hybridized carbons (Fsp3) is 0. The van der Waals surface area contributed by atoms with E-state index in [1.54, 1.807) is 0 Å². The summed E-state index contributed by atoms with van der Waals surface area (Å²) in [5.41, 5.74) is 0. The molecular weight excluding hydrogens is 188 g/mol. The fourth-order valence-electron chi connectivity index (χ4n) is 0. The summed E-state index contributed by atoms with van der Waals surface area (Å²) in [7, 11) is 0. The average Bonchev–Trinajstić information content (AvgIpc) is 0. The van der Waals surface area contributed by atoms with Gasteiger partial charge in [0.15, 0.2) is 0 Å². The Balaban J connectivity index is 0. The minimum Gasteiger partial charge on any atom is 0 e. The SMILES string of the molecule is [Na].[Na].[Na].[Sn]. The first-order valence-electron chi connectivity index (χ1n) is 0. The van der Waals surface area contributed by atoms with Gasteiger partial charge >= 0.3 is 0 Å². The third-order valence-electron chi connectivity index (χ3n) is 0. The van der Waals surface area contributed by atoms with Crippen molar-refractivity contribution < 1.29 is 0 Å². The van der Waals surface area contributed by atoms with E-state index < -0.39 is 0 Å². The van der Waals surface area contributed by atoms with Crippen LogP contribution < -0.4 is 0 Å². The number of hydrogen-bond acceptors (Lipinski definition) is 0. The Morgan fingerprint density at radius 3 is 0.500 bits per heavy atom. The molecule has 0 spiro atoms. The van der Waals surface area contributed by atoms with Crippen molar-refractivity contribution in [2.45, 2.75) is 0 Å². The topological polar surface area (TPSA) is 0 Å². The zero-order chi connectivity index (χ0) is 0. The normalized spacial score (nSPS) is 0. The third kappa shape index (κ3) is 9.25. The molecule has 0 bridgehead atoms. The summed E-state index contributed by atoms with van der Waals surface area (Å²) >= 11 is 0. The van der Waals surface area contributed by atoms with Gasteiger partial charge in [0.05, 0.1) is 0 Å². The van der Waals surface area contributed by atoms with E-state index in [2.05, 4.69) is 0 Å². The molecule has 4 heavy (non-hydrogen) atoms. The quantitative estimate of drug-likeness (QED) is 0.404. The molecule has 0 aromatic carbocycles. The van der Waals surface area contributed by atoms with E-state index in [-0.39, 0.29) is 113 Å². The Kier molecular flexibility index (Phi) is 98.9. The van der Waals surface area contributed by atoms with Crippen LogP contribution in [-0.2, 0) is 0 Å². The molecule has 0 aromatic rings. The van der Waals surface area contributed by atoms with Crippen molar-refractivity contribution in [3.05, 3.63) is 0 Å². The van der Waals surface area contributed by atoms with Crippen LogP contribution in [0.4, 0.5) is 0 Å². The second-order valence-corrected chi connectivity index (χ2v) is 0. The van der Waals surface area contributed by atoms with Crippen molar-refractivity contribution in [1.29, 1.82) is 0 Å². The molecule has 0 saturated carbocycles. The van der Waals surface area contributed by atoms with Gasteiger partial charge in [0, 0.05) is 113 Å². The first kappa shape index (κ1) is 25.0. The van der Waals surface area contributed by atoms with Gasteiger partial charge in [0.2, 0.25) is 0 Å². The van der Waals surface area contributed by atoms with Gasteiger partial charge in [0.25, 0.3) is 0 Å². The standard InChI is InChI=1S/3Na.Sn. The van der Waals surface area contributed by atoms with Gasteiger partial charge in [-0.2, -0.15) is 0 Å². The number of hydrogen-bond donors (Lipinski definition) is 0. The predicted octanol–water partition coefficient (Wildman–Crippen LogP) is -1.52. The van der Waals surface area contributed by atoms with Gasteiger partial charge in [-0.25, -0.2) is 0 Å². The zero-order valence-electron chi connectivity index (χ0n) is 3.50. The van der Waals surface area contributed by atoms with Gasteiger partial charge in [0.1, 0.15) is 0 Å². The fourth-order valence-corrected chi connectivity index (χ4v) is 0. The van der Waals surface area contributed by atoms with Crippen LogP contribution in [0.25, 0.3) is 0 Å². The van der Waals surface area contributed by atoms with Crippen LogP contribution in [0, 0.1) is 0 Å². The number of rotatable bonds is 0. The molecule has 7 radical (unpaired) electrons. The van der Waals surface area contributed by atoms with Gasteiger partial charge in [-0.05, 0) is 0 Å². The average molecular weight is 188 g/mol. The minimum atomic E-state index is 0. The molecule has 0 aliphatic heterocycles. The van der Waals surface area contributed by atoms with E-state index >= 15 is 0 Å². The van der Waals surface area contributed by atoms with Crippen LogP contribution in [0.2, 0.25) is 0 Å². The monoisotopic (exact) mass is 189 g/mol. The van der Waals surface area contributed by atoms with E-state index in [1.165, 1.54) is 0 Å². The van der Waals surface area contributed by atoms with Crippen molar-refractivity contribution in [3.8, 4) is 0 Å². The summed E-state index contributed by atoms with van der Waals surface area (Å²) in [6.07, 6.45) is 0. The molecule has 0 unspecified atom stereocenters. The van der Waals surface area contributed by atoms with E-state index in [0.717, 1.165) is 0 Å². The maximum atomic E-state index is 0. The summed E-state index contributed by atoms with van der Waals surface area (Å²) in [5.74, 6) is 0. The van der Waals surface area contributed by atoms with Gasteiger partial charge in [-0.3, -0.25) is 0 Å². The van der Waals surface area contributed by atoms with Crippen LogP contribution in [-0.4, -0.2) is 113 Å². The molecule has 0 rings (SSSR count). The Bertz CT molecular complexity index is 3.25. The molecule has 0 aliphatic rings. The van der Waals surface area contributed by atoms with E-state index in [1.807, 2.05) is 0 Å². The van der Waals surface area contributed by atoms with Crippen molar-refractivity contribution in [2.24, 2.45) is 0 Å². The summed E-state index contributed by atoms with van der Waals surface area (Å²) < 4.78 is 0. The predicted molar refractivity (Wildman–Crippen MR) is 23.0 cm³/mol. The van der Waals surface area contributed by atoms with Gasteiger partial charge in [-0.15, -0.1) is 0 Å². The van der Waals surface area contributed by atoms with Crippen LogP contribution >= 0.6 is 0 Å². The van der Waals surface area contributed by atoms with E-state index in [4.69, 9.17) is 0 Å². The molecule has 7 valence electrons. The Hall–Kier alpha value is 3.80. The van der Waals surface area contributed by atoms with Crippen molar-refractivity contribution >= 4 is 113 Å². The zero-order valence-corrected chi connectivity index (χ0v) is 12.4. The molecule has 4 heteroatoms. The molecule has 0 saturated heterocycles. The van der Waals surface area contributed by atoms with Gasteiger partial charge < -0.3 is 0 Å². The van der Waals surface area contributed by atoms with E-state index in [0.29, 0.717) is 0 Å². The Morgan fingerprint density at radius 1 is 0.500 bits per heavy atom. The van der Waals surface area contributed by atoms with Crippen molar-refractivity contribution in [2.75, 3.05) is 0 Å². The largest absolute Gasteiger partial charge is 0 e. The second kappa shape index (κ2) is 15.8. The summed E-state index contributed by atoms with van der Waals surface area (Å²) in [6.45, 7) is 0. The molecule has 0 aliphatic carbocycles. The Morgan fingerprint density at radius 2 is 0.500 bits per heavy atom. The minimum absolute atomic E-state index is 0. The summed E-state index contributed by atoms with van der Waals surface area (Å²) in [5, 5.41) is 0. The molecule has 0 amide bonds. The molecule has 0 N–H and O–H groups in total. The van der Waals surface area contributed by atoms with Gasteiger partial charge in [-0.1, -0.05) is 0 Å². The van der Waals surface area contributed by atoms with Crippen LogP contribution in [0.1, 0.15) is 0 Å². The van der Waals surface area contributed by atoms with Crippen LogP contribution in [0.3, 0.4) is 0 Å². The first-order valence-corrected chi connectivity index (χ1v) is 0. The molecule has 0 nitrogen and oxygen atoms in total. The second-order valence-electron chi connectivity index (χ2n) is 0. The van der Waals surface area contributed by atoms with Crippen LogP contribution in [0.15, 0.2) is 0 Å².